The second kappa shape index (κ2) is 9.20. The van der Waals surface area contributed by atoms with Crippen LogP contribution in [0, 0.1) is 13.8 Å². The maximum Gasteiger partial charge on any atom is 0.251 e. The minimum absolute atomic E-state index is 0.00398. The lowest BCUT2D eigenvalue weighted by Gasteiger charge is -2.18. The molecule has 1 rings (SSSR count). The first-order valence-corrected chi connectivity index (χ1v) is 7.82. The fraction of sp³-hybridized carbons (Fsp3) is 0.529. The highest BCUT2D eigenvalue weighted by Crippen LogP contribution is 2.09. The Bertz CT molecular complexity index is 511. The summed E-state index contributed by atoms with van der Waals surface area (Å²) in [5, 5.41) is 5.46. The van der Waals surface area contributed by atoms with Crippen molar-refractivity contribution in [3.63, 3.8) is 0 Å². The van der Waals surface area contributed by atoms with Crippen molar-refractivity contribution in [2.75, 3.05) is 32.7 Å². The number of hydrogen-bond acceptors (Lipinski definition) is 3. The molecule has 0 heterocycles. The summed E-state index contributed by atoms with van der Waals surface area (Å²) in [7, 11) is 0. The Morgan fingerprint density at radius 1 is 1.05 bits per heavy atom. The van der Waals surface area contributed by atoms with Gasteiger partial charge in [0.15, 0.2) is 0 Å². The van der Waals surface area contributed by atoms with Crippen molar-refractivity contribution in [1.82, 2.24) is 15.5 Å². The van der Waals surface area contributed by atoms with E-state index in [4.69, 9.17) is 0 Å². The van der Waals surface area contributed by atoms with Gasteiger partial charge in [0.05, 0.1) is 6.54 Å². The van der Waals surface area contributed by atoms with Crippen LogP contribution in [0.2, 0.25) is 0 Å². The molecule has 0 aliphatic carbocycles. The second-order valence-electron chi connectivity index (χ2n) is 5.36. The Morgan fingerprint density at radius 3 is 2.32 bits per heavy atom. The van der Waals surface area contributed by atoms with Crippen LogP contribution in [0.5, 0.6) is 0 Å². The lowest BCUT2D eigenvalue weighted by atomic mass is 10.1. The van der Waals surface area contributed by atoms with Crippen LogP contribution in [-0.4, -0.2) is 49.4 Å². The smallest absolute Gasteiger partial charge is 0.251 e. The zero-order valence-electron chi connectivity index (χ0n) is 14.0. The van der Waals surface area contributed by atoms with Crippen LogP contribution in [0.3, 0.4) is 0 Å². The summed E-state index contributed by atoms with van der Waals surface area (Å²) in [5.41, 5.74) is 2.79. The molecule has 0 saturated carbocycles. The minimum Gasteiger partial charge on any atom is -0.353 e. The van der Waals surface area contributed by atoms with E-state index in [9.17, 15) is 9.59 Å². The number of carbonyl (C=O) groups is 2. The lowest BCUT2D eigenvalue weighted by molar-refractivity contribution is -0.120. The zero-order chi connectivity index (χ0) is 16.5. The van der Waals surface area contributed by atoms with Gasteiger partial charge < -0.3 is 15.5 Å². The highest BCUT2D eigenvalue weighted by atomic mass is 16.2. The molecule has 5 nitrogen and oxygen atoms in total. The van der Waals surface area contributed by atoms with Crippen LogP contribution < -0.4 is 10.6 Å². The van der Waals surface area contributed by atoms with Crippen molar-refractivity contribution in [1.29, 1.82) is 0 Å². The van der Waals surface area contributed by atoms with Gasteiger partial charge in [-0.25, -0.2) is 0 Å². The third-order valence-electron chi connectivity index (χ3n) is 3.82. The predicted molar refractivity (Wildman–Crippen MR) is 89.0 cm³/mol. The largest absolute Gasteiger partial charge is 0.353 e. The van der Waals surface area contributed by atoms with E-state index in [1.165, 1.54) is 0 Å². The molecule has 0 atom stereocenters. The van der Waals surface area contributed by atoms with Gasteiger partial charge >= 0.3 is 0 Å². The fourth-order valence-electron chi connectivity index (χ4n) is 2.10. The van der Waals surface area contributed by atoms with Crippen LogP contribution in [0.4, 0.5) is 0 Å². The lowest BCUT2D eigenvalue weighted by Crippen LogP contribution is -2.40. The van der Waals surface area contributed by atoms with Gasteiger partial charge in [0, 0.05) is 18.7 Å². The molecule has 0 fully saturated rings. The first-order valence-electron chi connectivity index (χ1n) is 7.82. The molecule has 0 aliphatic rings. The molecule has 1 aromatic rings. The number of hydrogen-bond donors (Lipinski definition) is 2. The van der Waals surface area contributed by atoms with Gasteiger partial charge in [-0.15, -0.1) is 0 Å². The van der Waals surface area contributed by atoms with E-state index in [0.717, 1.165) is 30.8 Å². The van der Waals surface area contributed by atoms with Crippen molar-refractivity contribution in [3.8, 4) is 0 Å². The molecule has 2 amide bonds. The molecule has 0 unspecified atom stereocenters. The van der Waals surface area contributed by atoms with E-state index in [1.54, 1.807) is 6.07 Å². The summed E-state index contributed by atoms with van der Waals surface area (Å²) < 4.78 is 0. The number of likely N-dealkylation sites (N-methyl/N-ethyl adjacent to an activating group) is 1. The van der Waals surface area contributed by atoms with Gasteiger partial charge in [0.1, 0.15) is 0 Å². The molecule has 0 aromatic heterocycles. The molecule has 0 bridgehead atoms. The zero-order valence-corrected chi connectivity index (χ0v) is 14.0. The average Bonchev–Trinajstić information content (AvgIpc) is 2.51. The van der Waals surface area contributed by atoms with Gasteiger partial charge in [-0.1, -0.05) is 19.9 Å². The van der Waals surface area contributed by atoms with Gasteiger partial charge in [0.2, 0.25) is 5.91 Å². The Morgan fingerprint density at radius 2 is 1.73 bits per heavy atom. The van der Waals surface area contributed by atoms with E-state index in [2.05, 4.69) is 29.4 Å². The van der Waals surface area contributed by atoms with Crippen LogP contribution in [0.15, 0.2) is 18.2 Å². The summed E-state index contributed by atoms with van der Waals surface area (Å²) >= 11 is 0. The molecule has 122 valence electrons. The maximum atomic E-state index is 12.0. The number of benzene rings is 1. The summed E-state index contributed by atoms with van der Waals surface area (Å²) in [6.45, 7) is 11.5. The first kappa shape index (κ1) is 18.2. The molecule has 0 spiro atoms. The topological polar surface area (TPSA) is 61.4 Å². The number of nitrogens with zero attached hydrogens (tertiary/aromatic N) is 1. The van der Waals surface area contributed by atoms with Gasteiger partial charge in [-0.3, -0.25) is 9.59 Å². The summed E-state index contributed by atoms with van der Waals surface area (Å²) in [6.07, 6.45) is 0. The molecule has 2 N–H and O–H groups in total. The second-order valence-corrected chi connectivity index (χ2v) is 5.36. The van der Waals surface area contributed by atoms with Crippen LogP contribution >= 0.6 is 0 Å². The fourth-order valence-corrected chi connectivity index (χ4v) is 2.10. The van der Waals surface area contributed by atoms with Crippen molar-refractivity contribution in [3.05, 3.63) is 34.9 Å². The third kappa shape index (κ3) is 5.85. The van der Waals surface area contributed by atoms with Gasteiger partial charge in [-0.05, 0) is 50.2 Å². The predicted octanol–water partition coefficient (Wildman–Crippen LogP) is 1.49. The van der Waals surface area contributed by atoms with Crippen LogP contribution in [0.1, 0.15) is 35.3 Å². The maximum absolute atomic E-state index is 12.0. The number of carbonyl (C=O) groups excluding carboxylic acids is 2. The van der Waals surface area contributed by atoms with E-state index < -0.39 is 0 Å². The van der Waals surface area contributed by atoms with Crippen molar-refractivity contribution < 1.29 is 9.59 Å². The molecule has 22 heavy (non-hydrogen) atoms. The molecule has 1 aromatic carbocycles. The Hall–Kier alpha value is -1.88. The Labute approximate surface area is 133 Å². The highest BCUT2D eigenvalue weighted by molar-refractivity contribution is 5.96. The van der Waals surface area contributed by atoms with E-state index in [1.807, 2.05) is 26.0 Å². The number of aryl methyl sites for hydroxylation is 2. The third-order valence-corrected chi connectivity index (χ3v) is 3.82. The molecular weight excluding hydrogens is 278 g/mol. The van der Waals surface area contributed by atoms with Crippen molar-refractivity contribution in [2.45, 2.75) is 27.7 Å². The average molecular weight is 305 g/mol. The number of rotatable bonds is 8. The van der Waals surface area contributed by atoms with Crippen LogP contribution in [-0.2, 0) is 4.79 Å². The number of amides is 2. The van der Waals surface area contributed by atoms with Crippen LogP contribution in [0.25, 0.3) is 0 Å². The molecule has 0 aliphatic heterocycles. The van der Waals surface area contributed by atoms with Gasteiger partial charge in [0.25, 0.3) is 5.91 Å². The van der Waals surface area contributed by atoms with E-state index in [0.29, 0.717) is 12.1 Å². The van der Waals surface area contributed by atoms with E-state index in [-0.39, 0.29) is 18.4 Å². The summed E-state index contributed by atoms with van der Waals surface area (Å²) in [4.78, 5) is 25.9. The van der Waals surface area contributed by atoms with Crippen molar-refractivity contribution >= 4 is 11.8 Å². The van der Waals surface area contributed by atoms with Crippen molar-refractivity contribution in [2.24, 2.45) is 0 Å². The molecule has 5 heteroatoms. The molecule has 0 radical (unpaired) electrons. The Kier molecular flexibility index (Phi) is 7.60. The highest BCUT2D eigenvalue weighted by Gasteiger charge is 2.09. The first-order chi connectivity index (χ1) is 10.5. The summed E-state index contributed by atoms with van der Waals surface area (Å²) in [5.74, 6) is -0.383. The monoisotopic (exact) mass is 305 g/mol. The standard InChI is InChI=1S/C17H27N3O2/c1-5-20(6-2)10-9-18-16(21)12-19-17(22)15-8-7-13(3)14(4)11-15/h7-8,11H,5-6,9-10,12H2,1-4H3,(H,18,21)(H,19,22). The normalized spacial score (nSPS) is 10.6. The van der Waals surface area contributed by atoms with Gasteiger partial charge in [-0.2, -0.15) is 0 Å². The Balaban J connectivity index is 2.34. The SMILES string of the molecule is CCN(CC)CCNC(=O)CNC(=O)c1ccc(C)c(C)c1. The number of nitrogens with one attached hydrogen (secondary N) is 2. The summed E-state index contributed by atoms with van der Waals surface area (Å²) in [6, 6.07) is 5.52. The minimum atomic E-state index is -0.220. The van der Waals surface area contributed by atoms with E-state index >= 15 is 0 Å². The quantitative estimate of drug-likeness (QED) is 0.765. The molecular formula is C17H27N3O2. The molecule has 0 saturated heterocycles.